The number of aliphatic hydroxyl groups is 1. The molecule has 0 unspecified atom stereocenters. The lowest BCUT2D eigenvalue weighted by atomic mass is 10.1. The molecule has 1 heterocycles. The van der Waals surface area contributed by atoms with E-state index in [-0.39, 0.29) is 6.61 Å². The third-order valence-corrected chi connectivity index (χ3v) is 3.50. The number of rotatable bonds is 2. The van der Waals surface area contributed by atoms with Gasteiger partial charge in [-0.1, -0.05) is 0 Å². The van der Waals surface area contributed by atoms with Crippen molar-refractivity contribution in [3.05, 3.63) is 23.1 Å². The molecule has 14 heavy (non-hydrogen) atoms. The highest BCUT2D eigenvalue weighted by molar-refractivity contribution is 7.80. The molecule has 2 aromatic rings. The molecule has 2 rings (SSSR count). The Morgan fingerprint density at radius 1 is 1.57 bits per heavy atom. The van der Waals surface area contributed by atoms with Crippen molar-refractivity contribution in [1.29, 1.82) is 0 Å². The van der Waals surface area contributed by atoms with Crippen molar-refractivity contribution in [1.82, 2.24) is 0 Å². The highest BCUT2D eigenvalue weighted by Gasteiger charge is 2.10. The minimum Gasteiger partial charge on any atom is -0.495 e. The summed E-state index contributed by atoms with van der Waals surface area (Å²) in [5, 5.41) is 12.2. The summed E-state index contributed by atoms with van der Waals surface area (Å²) < 4.78 is 6.31. The molecule has 4 heteroatoms. The SMILES string of the molecule is COc1cc(S)c(CO)c2ccsc12. The predicted octanol–water partition coefficient (Wildman–Crippen LogP) is 2.69. The van der Waals surface area contributed by atoms with Crippen molar-refractivity contribution in [3.8, 4) is 5.75 Å². The van der Waals surface area contributed by atoms with Gasteiger partial charge in [-0.15, -0.1) is 24.0 Å². The van der Waals surface area contributed by atoms with Crippen LogP contribution in [0.4, 0.5) is 0 Å². The highest BCUT2D eigenvalue weighted by Crippen LogP contribution is 2.36. The lowest BCUT2D eigenvalue weighted by Gasteiger charge is -2.07. The molecule has 0 atom stereocenters. The molecule has 0 aliphatic rings. The standard InChI is InChI=1S/C10H10O2S2/c1-12-8-4-9(13)7(5-11)6-2-3-14-10(6)8/h2-4,11,13H,5H2,1H3. The van der Waals surface area contributed by atoms with Crippen LogP contribution < -0.4 is 4.74 Å². The molecule has 0 bridgehead atoms. The zero-order valence-corrected chi connectivity index (χ0v) is 9.36. The first-order chi connectivity index (χ1) is 6.77. The average Bonchev–Trinajstić information content (AvgIpc) is 2.65. The summed E-state index contributed by atoms with van der Waals surface area (Å²) in [6, 6.07) is 3.82. The molecule has 0 radical (unpaired) electrons. The quantitative estimate of drug-likeness (QED) is 0.771. The number of ether oxygens (including phenoxy) is 1. The maximum absolute atomic E-state index is 9.21. The molecule has 0 amide bonds. The van der Waals surface area contributed by atoms with E-state index in [0.29, 0.717) is 0 Å². The molecule has 0 aliphatic carbocycles. The van der Waals surface area contributed by atoms with Crippen molar-refractivity contribution in [2.45, 2.75) is 11.5 Å². The van der Waals surface area contributed by atoms with E-state index < -0.39 is 0 Å². The van der Waals surface area contributed by atoms with Crippen LogP contribution in [-0.2, 0) is 6.61 Å². The number of fused-ring (bicyclic) bond motifs is 1. The van der Waals surface area contributed by atoms with Crippen LogP contribution in [-0.4, -0.2) is 12.2 Å². The van der Waals surface area contributed by atoms with E-state index in [1.165, 1.54) is 0 Å². The monoisotopic (exact) mass is 226 g/mol. The Bertz CT molecular complexity index is 462. The van der Waals surface area contributed by atoms with Crippen molar-refractivity contribution in [2.24, 2.45) is 0 Å². The molecule has 74 valence electrons. The number of thiol groups is 1. The van der Waals surface area contributed by atoms with Gasteiger partial charge in [0.1, 0.15) is 5.75 Å². The number of thiophene rings is 1. The first kappa shape index (κ1) is 9.83. The minimum atomic E-state index is 0.00998. The van der Waals surface area contributed by atoms with Gasteiger partial charge in [-0.3, -0.25) is 0 Å². The van der Waals surface area contributed by atoms with Gasteiger partial charge in [-0.05, 0) is 23.1 Å². The van der Waals surface area contributed by atoms with Gasteiger partial charge in [0.05, 0.1) is 18.4 Å². The second-order valence-corrected chi connectivity index (χ2v) is 4.30. The molecule has 0 aliphatic heterocycles. The number of aliphatic hydroxyl groups excluding tert-OH is 1. The Hall–Kier alpha value is -0.710. The van der Waals surface area contributed by atoms with Crippen molar-refractivity contribution in [2.75, 3.05) is 7.11 Å². The van der Waals surface area contributed by atoms with Crippen LogP contribution in [0.5, 0.6) is 5.75 Å². The van der Waals surface area contributed by atoms with Gasteiger partial charge in [0.25, 0.3) is 0 Å². The fourth-order valence-electron chi connectivity index (χ4n) is 1.47. The van der Waals surface area contributed by atoms with Crippen LogP contribution in [0.3, 0.4) is 0 Å². The molecule has 2 nitrogen and oxygen atoms in total. The summed E-state index contributed by atoms with van der Waals surface area (Å²) >= 11 is 5.92. The number of hydrogen-bond acceptors (Lipinski definition) is 4. The topological polar surface area (TPSA) is 29.5 Å². The lowest BCUT2D eigenvalue weighted by molar-refractivity contribution is 0.280. The number of methoxy groups -OCH3 is 1. The van der Waals surface area contributed by atoms with Gasteiger partial charge in [-0.2, -0.15) is 0 Å². The van der Waals surface area contributed by atoms with Crippen LogP contribution in [0, 0.1) is 0 Å². The lowest BCUT2D eigenvalue weighted by Crippen LogP contribution is -1.90. The summed E-state index contributed by atoms with van der Waals surface area (Å²) in [5.74, 6) is 0.817. The highest BCUT2D eigenvalue weighted by atomic mass is 32.1. The first-order valence-electron chi connectivity index (χ1n) is 4.14. The number of benzene rings is 1. The Kier molecular flexibility index (Phi) is 2.67. The second kappa shape index (κ2) is 3.81. The van der Waals surface area contributed by atoms with Crippen LogP contribution in [0.2, 0.25) is 0 Å². The van der Waals surface area contributed by atoms with Crippen molar-refractivity contribution >= 4 is 34.1 Å². The predicted molar refractivity (Wildman–Crippen MR) is 61.6 cm³/mol. The van der Waals surface area contributed by atoms with Gasteiger partial charge >= 0.3 is 0 Å². The van der Waals surface area contributed by atoms with Gasteiger partial charge in [-0.25, -0.2) is 0 Å². The molecule has 0 fully saturated rings. The fraction of sp³-hybridized carbons (Fsp3) is 0.200. The molecule has 1 aromatic heterocycles. The maximum Gasteiger partial charge on any atom is 0.137 e. The molecule has 1 aromatic carbocycles. The van der Waals surface area contributed by atoms with Gasteiger partial charge in [0.2, 0.25) is 0 Å². The molecular formula is C10H10O2S2. The van der Waals surface area contributed by atoms with Gasteiger partial charge in [0.15, 0.2) is 0 Å². The number of hydrogen-bond donors (Lipinski definition) is 2. The van der Waals surface area contributed by atoms with E-state index in [9.17, 15) is 5.11 Å². The largest absolute Gasteiger partial charge is 0.495 e. The average molecular weight is 226 g/mol. The summed E-state index contributed by atoms with van der Waals surface area (Å²) in [6.07, 6.45) is 0. The van der Waals surface area contributed by atoms with E-state index >= 15 is 0 Å². The molecule has 0 saturated heterocycles. The van der Waals surface area contributed by atoms with Crippen molar-refractivity contribution < 1.29 is 9.84 Å². The minimum absolute atomic E-state index is 0.00998. The Morgan fingerprint density at radius 3 is 3.00 bits per heavy atom. The van der Waals surface area contributed by atoms with Crippen LogP contribution >= 0.6 is 24.0 Å². The third-order valence-electron chi connectivity index (χ3n) is 2.17. The fourth-order valence-corrected chi connectivity index (χ4v) is 2.70. The van der Waals surface area contributed by atoms with E-state index in [2.05, 4.69) is 12.6 Å². The summed E-state index contributed by atoms with van der Waals surface area (Å²) in [7, 11) is 1.64. The Labute approximate surface area is 91.5 Å². The normalized spacial score (nSPS) is 10.8. The third kappa shape index (κ3) is 1.39. The first-order valence-corrected chi connectivity index (χ1v) is 5.47. The van der Waals surface area contributed by atoms with E-state index in [0.717, 1.165) is 26.3 Å². The van der Waals surface area contributed by atoms with Crippen LogP contribution in [0.1, 0.15) is 5.56 Å². The van der Waals surface area contributed by atoms with E-state index in [1.54, 1.807) is 18.4 Å². The smallest absolute Gasteiger partial charge is 0.137 e. The Morgan fingerprint density at radius 2 is 2.36 bits per heavy atom. The Balaban J connectivity index is 2.81. The molecule has 0 saturated carbocycles. The van der Waals surface area contributed by atoms with Gasteiger partial charge < -0.3 is 9.84 Å². The van der Waals surface area contributed by atoms with E-state index in [1.807, 2.05) is 17.5 Å². The summed E-state index contributed by atoms with van der Waals surface area (Å²) in [4.78, 5) is 0.773. The second-order valence-electron chi connectivity index (χ2n) is 2.90. The summed E-state index contributed by atoms with van der Waals surface area (Å²) in [5.41, 5.74) is 0.866. The van der Waals surface area contributed by atoms with Crippen LogP contribution in [0.25, 0.3) is 10.1 Å². The van der Waals surface area contributed by atoms with E-state index in [4.69, 9.17) is 4.74 Å². The van der Waals surface area contributed by atoms with Crippen molar-refractivity contribution in [3.63, 3.8) is 0 Å². The van der Waals surface area contributed by atoms with Gasteiger partial charge in [0, 0.05) is 10.3 Å². The van der Waals surface area contributed by atoms with Crippen LogP contribution in [0.15, 0.2) is 22.4 Å². The molecular weight excluding hydrogens is 216 g/mol. The zero-order valence-electron chi connectivity index (χ0n) is 7.65. The zero-order chi connectivity index (χ0) is 10.1. The molecule has 1 N–H and O–H groups in total. The summed E-state index contributed by atoms with van der Waals surface area (Å²) in [6.45, 7) is 0.00998. The maximum atomic E-state index is 9.21. The molecule has 0 spiro atoms.